The highest BCUT2D eigenvalue weighted by Gasteiger charge is 2.36. The van der Waals surface area contributed by atoms with Crippen LogP contribution in [0.1, 0.15) is 89.5 Å². The van der Waals surface area contributed by atoms with Crippen LogP contribution in [0.5, 0.6) is 5.75 Å². The average Bonchev–Trinajstić information content (AvgIpc) is 3.00. The van der Waals surface area contributed by atoms with Crippen molar-refractivity contribution in [1.82, 2.24) is 4.98 Å². The minimum absolute atomic E-state index is 0.0211. The summed E-state index contributed by atoms with van der Waals surface area (Å²) in [4.78, 5) is 15.9. The van der Waals surface area contributed by atoms with Crippen LogP contribution in [0, 0.1) is 0 Å². The maximum Gasteiger partial charge on any atom is 0.414 e. The number of ether oxygens (including phenoxy) is 2. The molecule has 1 heterocycles. The third-order valence-electron chi connectivity index (χ3n) is 7.60. The van der Waals surface area contributed by atoms with E-state index in [-0.39, 0.29) is 18.9 Å². The van der Waals surface area contributed by atoms with Gasteiger partial charge < -0.3 is 14.6 Å². The third kappa shape index (κ3) is 11.7. The van der Waals surface area contributed by atoms with Gasteiger partial charge in [0.2, 0.25) is 0 Å². The van der Waals surface area contributed by atoms with E-state index >= 15 is 0 Å². The Morgan fingerprint density at radius 1 is 0.884 bits per heavy atom. The van der Waals surface area contributed by atoms with Crippen molar-refractivity contribution >= 4 is 5.97 Å². The minimum Gasteiger partial charge on any atom is -0.492 e. The van der Waals surface area contributed by atoms with E-state index in [1.165, 1.54) is 19.3 Å². The SMILES string of the molecule is CCCCCCCOc1ccc(-c2cc(C(CCCOC(C)C(F)(F)F)CCCC(=O)O)ccc2-c2ccccc2)nc1. The van der Waals surface area contributed by atoms with E-state index in [9.17, 15) is 23.1 Å². The molecular formula is C35H44F3NO4. The number of carbonyl (C=O) groups is 1. The summed E-state index contributed by atoms with van der Waals surface area (Å²) in [6.45, 7) is 3.84. The second-order valence-corrected chi connectivity index (χ2v) is 11.0. The average molecular weight is 600 g/mol. The second kappa shape index (κ2) is 17.7. The Kier molecular flexibility index (Phi) is 14.0. The van der Waals surface area contributed by atoms with Crippen molar-refractivity contribution in [2.24, 2.45) is 0 Å². The van der Waals surface area contributed by atoms with Crippen LogP contribution < -0.4 is 4.74 Å². The van der Waals surface area contributed by atoms with Crippen LogP contribution in [0.15, 0.2) is 66.9 Å². The molecule has 3 aromatic rings. The molecule has 2 atom stereocenters. The van der Waals surface area contributed by atoms with E-state index in [1.807, 2.05) is 48.5 Å². The molecule has 0 aliphatic rings. The summed E-state index contributed by atoms with van der Waals surface area (Å²) in [6.07, 6.45) is 3.44. The molecule has 1 N–H and O–H groups in total. The zero-order valence-corrected chi connectivity index (χ0v) is 25.2. The van der Waals surface area contributed by atoms with Crippen molar-refractivity contribution in [3.8, 4) is 28.1 Å². The number of pyridine rings is 1. The van der Waals surface area contributed by atoms with Gasteiger partial charge in [-0.1, -0.05) is 75.1 Å². The van der Waals surface area contributed by atoms with Crippen molar-refractivity contribution in [2.45, 2.75) is 96.3 Å². The van der Waals surface area contributed by atoms with E-state index in [1.54, 1.807) is 6.20 Å². The van der Waals surface area contributed by atoms with Crippen molar-refractivity contribution in [2.75, 3.05) is 13.2 Å². The number of rotatable bonds is 19. The molecule has 0 aliphatic heterocycles. The smallest absolute Gasteiger partial charge is 0.414 e. The molecule has 8 heteroatoms. The van der Waals surface area contributed by atoms with E-state index in [0.717, 1.165) is 53.5 Å². The lowest BCUT2D eigenvalue weighted by Crippen LogP contribution is -2.28. The second-order valence-electron chi connectivity index (χ2n) is 11.0. The first-order valence-electron chi connectivity index (χ1n) is 15.4. The van der Waals surface area contributed by atoms with E-state index in [4.69, 9.17) is 14.5 Å². The number of aromatic nitrogens is 1. The molecule has 0 aliphatic carbocycles. The Bertz CT molecular complexity index is 1230. The molecule has 234 valence electrons. The van der Waals surface area contributed by atoms with E-state index in [2.05, 4.69) is 19.1 Å². The van der Waals surface area contributed by atoms with Gasteiger partial charge in [0, 0.05) is 18.6 Å². The largest absolute Gasteiger partial charge is 0.492 e. The van der Waals surface area contributed by atoms with Crippen LogP contribution >= 0.6 is 0 Å². The number of hydrogen-bond donors (Lipinski definition) is 1. The highest BCUT2D eigenvalue weighted by Crippen LogP contribution is 2.37. The van der Waals surface area contributed by atoms with Gasteiger partial charge in [-0.15, -0.1) is 0 Å². The minimum atomic E-state index is -4.40. The predicted octanol–water partition coefficient (Wildman–Crippen LogP) is 9.85. The highest BCUT2D eigenvalue weighted by molar-refractivity contribution is 5.82. The zero-order chi connectivity index (χ0) is 31.1. The Balaban J connectivity index is 1.82. The lowest BCUT2D eigenvalue weighted by Gasteiger charge is -2.21. The fourth-order valence-corrected chi connectivity index (χ4v) is 5.08. The molecule has 3 rings (SSSR count). The molecule has 5 nitrogen and oxygen atoms in total. The standard InChI is InChI=1S/C35H44F3NO4/c1-3-4-5-6-10-22-43-30-19-21-33(39-25-30)32-24-29(18-20-31(32)28-13-8-7-9-14-28)27(15-11-17-34(40)41)16-12-23-42-26(2)35(36,37)38/h7-9,13-14,18-21,24-27H,3-6,10-12,15-17,22-23H2,1-2H3,(H,40,41). The Morgan fingerprint density at radius 3 is 2.30 bits per heavy atom. The lowest BCUT2D eigenvalue weighted by molar-refractivity contribution is -0.214. The van der Waals surface area contributed by atoms with Gasteiger partial charge in [0.05, 0.1) is 18.5 Å². The van der Waals surface area contributed by atoms with Gasteiger partial charge >= 0.3 is 12.1 Å². The first-order valence-corrected chi connectivity index (χ1v) is 15.4. The first kappa shape index (κ1) is 34.1. The number of hydrogen-bond acceptors (Lipinski definition) is 4. The van der Waals surface area contributed by atoms with Crippen molar-refractivity contribution in [3.05, 3.63) is 72.4 Å². The molecule has 0 saturated heterocycles. The molecule has 1 aromatic heterocycles. The monoisotopic (exact) mass is 599 g/mol. The topological polar surface area (TPSA) is 68.7 Å². The summed E-state index contributed by atoms with van der Waals surface area (Å²) < 4.78 is 49.6. The Morgan fingerprint density at radius 2 is 1.63 bits per heavy atom. The molecule has 0 fully saturated rings. The summed E-state index contributed by atoms with van der Waals surface area (Å²) >= 11 is 0. The fraction of sp³-hybridized carbons (Fsp3) is 0.486. The first-order chi connectivity index (χ1) is 20.7. The van der Waals surface area contributed by atoms with Crippen LogP contribution in [0.25, 0.3) is 22.4 Å². The van der Waals surface area contributed by atoms with Crippen molar-refractivity contribution in [1.29, 1.82) is 0 Å². The maximum atomic E-state index is 12.9. The normalized spacial score (nSPS) is 13.0. The van der Waals surface area contributed by atoms with E-state index < -0.39 is 18.2 Å². The summed E-state index contributed by atoms with van der Waals surface area (Å²) in [7, 11) is 0. The molecule has 0 radical (unpaired) electrons. The van der Waals surface area contributed by atoms with Crippen LogP contribution in [-0.2, 0) is 9.53 Å². The van der Waals surface area contributed by atoms with Gasteiger partial charge in [0.15, 0.2) is 6.10 Å². The fourth-order valence-electron chi connectivity index (χ4n) is 5.08. The van der Waals surface area contributed by atoms with Gasteiger partial charge in [-0.2, -0.15) is 13.2 Å². The van der Waals surface area contributed by atoms with Crippen LogP contribution in [-0.4, -0.2) is 41.6 Å². The Labute approximate surface area is 253 Å². The number of carboxylic acid groups (broad SMARTS) is 1. The Hall–Kier alpha value is -3.39. The molecule has 0 amide bonds. The number of carboxylic acids is 1. The lowest BCUT2D eigenvalue weighted by atomic mass is 9.86. The number of alkyl halides is 3. The van der Waals surface area contributed by atoms with Gasteiger partial charge in [0.25, 0.3) is 0 Å². The number of aliphatic carboxylic acids is 1. The van der Waals surface area contributed by atoms with Gasteiger partial charge in [-0.3, -0.25) is 9.78 Å². The molecule has 0 spiro atoms. The van der Waals surface area contributed by atoms with Crippen LogP contribution in [0.2, 0.25) is 0 Å². The van der Waals surface area contributed by atoms with Gasteiger partial charge in [0.1, 0.15) is 5.75 Å². The number of unbranched alkanes of at least 4 members (excludes halogenated alkanes) is 4. The van der Waals surface area contributed by atoms with Gasteiger partial charge in [-0.25, -0.2) is 0 Å². The molecule has 43 heavy (non-hydrogen) atoms. The molecule has 0 bridgehead atoms. The van der Waals surface area contributed by atoms with Crippen LogP contribution in [0.4, 0.5) is 13.2 Å². The van der Waals surface area contributed by atoms with Gasteiger partial charge in [-0.05, 0) is 79.8 Å². The predicted molar refractivity (Wildman–Crippen MR) is 164 cm³/mol. The third-order valence-corrected chi connectivity index (χ3v) is 7.60. The van der Waals surface area contributed by atoms with Crippen molar-refractivity contribution in [3.63, 3.8) is 0 Å². The maximum absolute atomic E-state index is 12.9. The van der Waals surface area contributed by atoms with Crippen LogP contribution in [0.3, 0.4) is 0 Å². The molecule has 2 aromatic carbocycles. The summed E-state index contributed by atoms with van der Waals surface area (Å²) in [5, 5.41) is 9.18. The quantitative estimate of drug-likeness (QED) is 0.139. The highest BCUT2D eigenvalue weighted by atomic mass is 19.4. The number of halogens is 3. The number of nitrogens with zero attached hydrogens (tertiary/aromatic N) is 1. The number of benzene rings is 2. The summed E-state index contributed by atoms with van der Waals surface area (Å²) in [5.74, 6) is -0.187. The summed E-state index contributed by atoms with van der Waals surface area (Å²) in [5.41, 5.74) is 4.75. The molecular weight excluding hydrogens is 555 g/mol. The van der Waals surface area contributed by atoms with Crippen molar-refractivity contribution < 1.29 is 32.5 Å². The zero-order valence-electron chi connectivity index (χ0n) is 25.2. The van der Waals surface area contributed by atoms with E-state index in [0.29, 0.717) is 32.3 Å². The molecule has 2 unspecified atom stereocenters. The summed E-state index contributed by atoms with van der Waals surface area (Å²) in [6, 6.07) is 20.1. The molecule has 0 saturated carbocycles.